The van der Waals surface area contributed by atoms with Gasteiger partial charge in [-0.3, -0.25) is 29.4 Å². The van der Waals surface area contributed by atoms with Crippen LogP contribution in [0.3, 0.4) is 0 Å². The first kappa shape index (κ1) is 27.8. The summed E-state index contributed by atoms with van der Waals surface area (Å²) < 4.78 is 7.59. The summed E-state index contributed by atoms with van der Waals surface area (Å²) in [6, 6.07) is 9.88. The van der Waals surface area contributed by atoms with Crippen LogP contribution in [0.25, 0.3) is 6.08 Å². The number of nitrogens with zero attached hydrogens (tertiary/aromatic N) is 3. The number of hydrogen-bond donors (Lipinski definition) is 0. The lowest BCUT2D eigenvalue weighted by Crippen LogP contribution is -2.42. The molecule has 2 aliphatic rings. The van der Waals surface area contributed by atoms with Crippen molar-refractivity contribution >= 4 is 85.8 Å². The number of nitro groups is 1. The average molecular weight is 747 g/mol. The predicted octanol–water partition coefficient (Wildman–Crippen LogP) is 5.82. The normalized spacial score (nSPS) is 17.3. The van der Waals surface area contributed by atoms with Crippen molar-refractivity contribution in [3.05, 3.63) is 69.7 Å². The number of benzene rings is 2. The van der Waals surface area contributed by atoms with Crippen molar-refractivity contribution in [2.45, 2.75) is 32.3 Å². The molecule has 0 atom stereocenters. The van der Waals surface area contributed by atoms with Gasteiger partial charge in [-0.2, -0.15) is 0 Å². The van der Waals surface area contributed by atoms with Crippen molar-refractivity contribution in [2.75, 3.05) is 19.6 Å². The largest absolute Gasteiger partial charge is 0.487 e. The maximum absolute atomic E-state index is 12.9. The number of ether oxygens (including phenoxy) is 1. The van der Waals surface area contributed by atoms with Gasteiger partial charge < -0.3 is 9.64 Å². The number of imide groups is 1. The molecule has 0 aliphatic carbocycles. The van der Waals surface area contributed by atoms with E-state index in [1.807, 2.05) is 12.1 Å². The highest BCUT2D eigenvalue weighted by atomic mass is 127. The number of nitro benzene ring substituents is 1. The number of carbonyl (C=O) groups is 3. The monoisotopic (exact) mass is 747 g/mol. The average Bonchev–Trinajstić information content (AvgIpc) is 3.04. The minimum atomic E-state index is -0.457. The lowest BCUT2D eigenvalue weighted by atomic mass is 10.2. The third-order valence-electron chi connectivity index (χ3n) is 5.97. The molecule has 2 saturated heterocycles. The minimum absolute atomic E-state index is 0.0213. The van der Waals surface area contributed by atoms with E-state index in [2.05, 4.69) is 45.2 Å². The molecule has 2 aromatic carbocycles. The van der Waals surface area contributed by atoms with Gasteiger partial charge in [0.1, 0.15) is 18.9 Å². The molecule has 0 aromatic heterocycles. The van der Waals surface area contributed by atoms with Gasteiger partial charge in [-0.05, 0) is 111 Å². The van der Waals surface area contributed by atoms with Gasteiger partial charge in [-0.25, -0.2) is 0 Å². The first-order valence-corrected chi connectivity index (χ1v) is 14.6. The molecule has 2 fully saturated rings. The molecular weight excluding hydrogens is 724 g/mol. The fourth-order valence-corrected chi connectivity index (χ4v) is 6.98. The number of thioether (sulfide) groups is 1. The van der Waals surface area contributed by atoms with Crippen LogP contribution >= 0.6 is 56.9 Å². The highest BCUT2D eigenvalue weighted by Crippen LogP contribution is 2.35. The van der Waals surface area contributed by atoms with E-state index in [-0.39, 0.29) is 29.7 Å². The number of non-ortho nitro benzene ring substituents is 1. The third kappa shape index (κ3) is 7.02. The summed E-state index contributed by atoms with van der Waals surface area (Å²) in [4.78, 5) is 51.6. The third-order valence-corrected chi connectivity index (χ3v) is 8.48. The smallest absolute Gasteiger partial charge is 0.294 e. The van der Waals surface area contributed by atoms with Crippen LogP contribution in [0.5, 0.6) is 5.75 Å². The van der Waals surface area contributed by atoms with E-state index in [0.717, 1.165) is 60.6 Å². The second-order valence-electron chi connectivity index (χ2n) is 8.59. The van der Waals surface area contributed by atoms with E-state index in [0.29, 0.717) is 18.8 Å². The molecule has 0 unspecified atom stereocenters. The second-order valence-corrected chi connectivity index (χ2v) is 11.9. The van der Waals surface area contributed by atoms with Gasteiger partial charge in [-0.1, -0.05) is 12.8 Å². The molecule has 0 spiro atoms. The molecule has 2 heterocycles. The van der Waals surface area contributed by atoms with Crippen molar-refractivity contribution in [3.8, 4) is 5.75 Å². The molecule has 2 aromatic rings. The van der Waals surface area contributed by atoms with Crippen LogP contribution in [0, 0.1) is 17.3 Å². The molecule has 3 amide bonds. The standard InChI is InChI=1S/C25H23I2N3O6S/c26-19-11-17(12-20(27)23(19)36-15-16-5-7-18(8-6-16)30(34)35)13-21-24(32)29(25(33)37-21)14-22(31)28-9-3-1-2-4-10-28/h5-8,11-13H,1-4,9-10,14-15H2. The van der Waals surface area contributed by atoms with Gasteiger partial charge in [0.25, 0.3) is 16.8 Å². The van der Waals surface area contributed by atoms with E-state index >= 15 is 0 Å². The Labute approximate surface area is 245 Å². The molecule has 12 heteroatoms. The first-order chi connectivity index (χ1) is 17.7. The molecule has 9 nitrogen and oxygen atoms in total. The highest BCUT2D eigenvalue weighted by molar-refractivity contribution is 14.1. The van der Waals surface area contributed by atoms with Crippen molar-refractivity contribution in [2.24, 2.45) is 0 Å². The van der Waals surface area contributed by atoms with Crippen molar-refractivity contribution < 1.29 is 24.0 Å². The maximum atomic E-state index is 12.9. The SMILES string of the molecule is O=C(CN1C(=O)SC(=Cc2cc(I)c(OCc3ccc([N+](=O)[O-])cc3)c(I)c2)C1=O)N1CCCCCC1. The number of hydrogen-bond acceptors (Lipinski definition) is 7. The summed E-state index contributed by atoms with van der Waals surface area (Å²) in [6.07, 6.45) is 5.72. The van der Waals surface area contributed by atoms with Gasteiger partial charge in [-0.15, -0.1) is 0 Å². The lowest BCUT2D eigenvalue weighted by Gasteiger charge is -2.22. The first-order valence-electron chi connectivity index (χ1n) is 11.6. The molecule has 2 aliphatic heterocycles. The maximum Gasteiger partial charge on any atom is 0.294 e. The van der Waals surface area contributed by atoms with Crippen LogP contribution in [0.1, 0.15) is 36.8 Å². The Bertz CT molecular complexity index is 1240. The molecular formula is C25H23I2N3O6S. The van der Waals surface area contributed by atoms with Crippen LogP contribution < -0.4 is 4.74 Å². The van der Waals surface area contributed by atoms with Crippen molar-refractivity contribution in [3.63, 3.8) is 0 Å². The molecule has 0 saturated carbocycles. The zero-order valence-corrected chi connectivity index (χ0v) is 24.8. The van der Waals surface area contributed by atoms with E-state index < -0.39 is 16.1 Å². The lowest BCUT2D eigenvalue weighted by molar-refractivity contribution is -0.384. The molecule has 37 heavy (non-hydrogen) atoms. The Hall–Kier alpha value is -2.20. The summed E-state index contributed by atoms with van der Waals surface area (Å²) in [5.74, 6) is 0.0126. The molecule has 4 rings (SSSR count). The number of likely N-dealkylation sites (tertiary alicyclic amines) is 1. The Morgan fingerprint density at radius 3 is 2.27 bits per heavy atom. The summed E-state index contributed by atoms with van der Waals surface area (Å²) in [6.45, 7) is 1.35. The Balaban J connectivity index is 1.42. The predicted molar refractivity (Wildman–Crippen MR) is 157 cm³/mol. The zero-order chi connectivity index (χ0) is 26.5. The van der Waals surface area contributed by atoms with Gasteiger partial charge in [0.2, 0.25) is 5.91 Å². The minimum Gasteiger partial charge on any atom is -0.487 e. The topological polar surface area (TPSA) is 110 Å². The summed E-state index contributed by atoms with van der Waals surface area (Å²) >= 11 is 5.13. The Morgan fingerprint density at radius 2 is 1.68 bits per heavy atom. The van der Waals surface area contributed by atoms with Crippen LogP contribution in [-0.2, 0) is 16.2 Å². The van der Waals surface area contributed by atoms with E-state index in [9.17, 15) is 24.5 Å². The Kier molecular flexibility index (Phi) is 9.45. The van der Waals surface area contributed by atoms with Crippen molar-refractivity contribution in [1.82, 2.24) is 9.80 Å². The molecule has 0 bridgehead atoms. The van der Waals surface area contributed by atoms with Crippen LogP contribution in [0.15, 0.2) is 41.3 Å². The summed E-state index contributed by atoms with van der Waals surface area (Å²) in [7, 11) is 0. The summed E-state index contributed by atoms with van der Waals surface area (Å²) in [5.41, 5.74) is 1.55. The highest BCUT2D eigenvalue weighted by Gasteiger charge is 2.37. The Morgan fingerprint density at radius 1 is 1.05 bits per heavy atom. The van der Waals surface area contributed by atoms with Gasteiger partial charge in [0.05, 0.1) is 17.0 Å². The number of rotatable bonds is 7. The molecule has 0 radical (unpaired) electrons. The fourth-order valence-electron chi connectivity index (χ4n) is 4.01. The van der Waals surface area contributed by atoms with Crippen LogP contribution in [-0.4, -0.2) is 51.4 Å². The number of carbonyl (C=O) groups excluding carboxylic acids is 3. The van der Waals surface area contributed by atoms with Crippen molar-refractivity contribution in [1.29, 1.82) is 0 Å². The van der Waals surface area contributed by atoms with E-state index in [1.165, 1.54) is 12.1 Å². The number of halogens is 2. The summed E-state index contributed by atoms with van der Waals surface area (Å²) in [5, 5.41) is 10.4. The van der Waals surface area contributed by atoms with Crippen LogP contribution in [0.4, 0.5) is 10.5 Å². The van der Waals surface area contributed by atoms with Gasteiger partial charge >= 0.3 is 0 Å². The van der Waals surface area contributed by atoms with E-state index in [1.54, 1.807) is 23.1 Å². The van der Waals surface area contributed by atoms with E-state index in [4.69, 9.17) is 4.74 Å². The molecule has 194 valence electrons. The quantitative estimate of drug-likeness (QED) is 0.152. The van der Waals surface area contributed by atoms with Gasteiger partial charge in [0.15, 0.2) is 0 Å². The molecule has 0 N–H and O–H groups in total. The van der Waals surface area contributed by atoms with Crippen LogP contribution in [0.2, 0.25) is 0 Å². The van der Waals surface area contributed by atoms with Gasteiger partial charge in [0, 0.05) is 25.2 Å². The second kappa shape index (κ2) is 12.6. The fraction of sp³-hybridized carbons (Fsp3) is 0.320. The zero-order valence-electron chi connectivity index (χ0n) is 19.7. The number of amides is 3.